The molecule has 0 saturated carbocycles. The molecule has 1 fully saturated rings. The summed E-state index contributed by atoms with van der Waals surface area (Å²) in [5.41, 5.74) is 2.48. The first kappa shape index (κ1) is 20.6. The molecule has 0 radical (unpaired) electrons. The lowest BCUT2D eigenvalue weighted by Crippen LogP contribution is -3.06. The summed E-state index contributed by atoms with van der Waals surface area (Å²) in [5.74, 6) is -0.758. The Morgan fingerprint density at radius 2 is 1.69 bits per heavy atom. The van der Waals surface area contributed by atoms with Gasteiger partial charge in [0, 0.05) is 5.56 Å². The van der Waals surface area contributed by atoms with Crippen LogP contribution >= 0.6 is 0 Å². The highest BCUT2D eigenvalue weighted by Gasteiger charge is 2.46. The van der Waals surface area contributed by atoms with Crippen molar-refractivity contribution in [2.75, 3.05) is 34.3 Å². The summed E-state index contributed by atoms with van der Waals surface area (Å²) in [6.07, 6.45) is 0. The molecule has 2 aromatic rings. The Hall–Kier alpha value is -3.12. The summed E-state index contributed by atoms with van der Waals surface area (Å²) < 4.78 is 5.16. The number of nitrogens with zero attached hydrogens (tertiary/aromatic N) is 1. The predicted molar refractivity (Wildman–Crippen MR) is 111 cm³/mol. The standard InChI is InChI=1S/C23H26N2O4/c1-15-5-7-16(8-6-15)20-19(21(26)17-9-11-18(29-4)12-10-17)22(27)23(28)25(20)14-13-24(2)3/h5-12,20,26H,13-14H2,1-4H3/p+1/t20-/m1/s1. The van der Waals surface area contributed by atoms with Gasteiger partial charge in [0.2, 0.25) is 0 Å². The first-order valence-corrected chi connectivity index (χ1v) is 9.62. The van der Waals surface area contributed by atoms with Crippen molar-refractivity contribution in [2.45, 2.75) is 13.0 Å². The topological polar surface area (TPSA) is 71.3 Å². The molecular formula is C23H27N2O4+. The second kappa shape index (κ2) is 8.49. The summed E-state index contributed by atoms with van der Waals surface area (Å²) in [7, 11) is 5.55. The zero-order valence-corrected chi connectivity index (χ0v) is 17.2. The van der Waals surface area contributed by atoms with Crippen LogP contribution in [0.3, 0.4) is 0 Å². The number of rotatable bonds is 6. The molecule has 1 aliphatic rings. The molecule has 2 aromatic carbocycles. The lowest BCUT2D eigenvalue weighted by Gasteiger charge is -2.25. The number of methoxy groups -OCH3 is 1. The van der Waals surface area contributed by atoms with Gasteiger partial charge in [0.25, 0.3) is 11.7 Å². The van der Waals surface area contributed by atoms with E-state index >= 15 is 0 Å². The van der Waals surface area contributed by atoms with Crippen LogP contribution in [0.1, 0.15) is 22.7 Å². The van der Waals surface area contributed by atoms with Gasteiger partial charge < -0.3 is 19.6 Å². The van der Waals surface area contributed by atoms with E-state index in [2.05, 4.69) is 0 Å². The van der Waals surface area contributed by atoms with Crippen LogP contribution in [0.5, 0.6) is 5.75 Å². The normalized spacial score (nSPS) is 18.5. The van der Waals surface area contributed by atoms with Crippen molar-refractivity contribution in [1.29, 1.82) is 0 Å². The van der Waals surface area contributed by atoms with E-state index in [1.54, 1.807) is 36.3 Å². The van der Waals surface area contributed by atoms with Crippen LogP contribution in [0.25, 0.3) is 5.76 Å². The Morgan fingerprint density at radius 1 is 1.07 bits per heavy atom. The van der Waals surface area contributed by atoms with Gasteiger partial charge >= 0.3 is 0 Å². The number of carbonyl (C=O) groups is 2. The van der Waals surface area contributed by atoms with Crippen molar-refractivity contribution in [3.63, 3.8) is 0 Å². The van der Waals surface area contributed by atoms with Crippen LogP contribution in [0.2, 0.25) is 0 Å². The van der Waals surface area contributed by atoms with Gasteiger partial charge in [-0.25, -0.2) is 0 Å². The average Bonchev–Trinajstić information content (AvgIpc) is 2.97. The number of aliphatic hydroxyl groups excluding tert-OH is 1. The highest BCUT2D eigenvalue weighted by molar-refractivity contribution is 6.46. The highest BCUT2D eigenvalue weighted by atomic mass is 16.5. The fraction of sp³-hybridized carbons (Fsp3) is 0.304. The van der Waals surface area contributed by atoms with E-state index < -0.39 is 17.7 Å². The molecule has 6 nitrogen and oxygen atoms in total. The van der Waals surface area contributed by atoms with E-state index in [0.29, 0.717) is 24.4 Å². The molecule has 0 aromatic heterocycles. The third-order valence-electron chi connectivity index (χ3n) is 5.15. The minimum absolute atomic E-state index is 0.123. The van der Waals surface area contributed by atoms with E-state index in [9.17, 15) is 14.7 Å². The summed E-state index contributed by atoms with van der Waals surface area (Å²) >= 11 is 0. The number of ether oxygens (including phenoxy) is 1. The minimum Gasteiger partial charge on any atom is -0.507 e. The van der Waals surface area contributed by atoms with Gasteiger partial charge in [0.15, 0.2) is 0 Å². The monoisotopic (exact) mass is 395 g/mol. The maximum absolute atomic E-state index is 12.9. The number of aryl methyl sites for hydroxylation is 1. The number of benzene rings is 2. The van der Waals surface area contributed by atoms with E-state index in [-0.39, 0.29) is 11.3 Å². The smallest absolute Gasteiger partial charge is 0.295 e. The zero-order chi connectivity index (χ0) is 21.1. The number of ketones is 1. The molecule has 6 heteroatoms. The minimum atomic E-state index is -0.655. The van der Waals surface area contributed by atoms with Gasteiger partial charge in [0.1, 0.15) is 11.5 Å². The number of aliphatic hydroxyl groups is 1. The molecule has 1 heterocycles. The third-order valence-corrected chi connectivity index (χ3v) is 5.15. The molecule has 1 aliphatic heterocycles. The number of Topliss-reactive ketones (excluding diaryl/α,β-unsaturated/α-hetero) is 1. The molecule has 0 unspecified atom stereocenters. The zero-order valence-electron chi connectivity index (χ0n) is 17.2. The number of likely N-dealkylation sites (N-methyl/N-ethyl adjacent to an activating group) is 1. The predicted octanol–water partition coefficient (Wildman–Crippen LogP) is 1.57. The number of nitrogens with one attached hydrogen (secondary N) is 1. The second-order valence-electron chi connectivity index (χ2n) is 7.59. The fourth-order valence-corrected chi connectivity index (χ4v) is 3.45. The van der Waals surface area contributed by atoms with Crippen molar-refractivity contribution in [1.82, 2.24) is 4.90 Å². The molecule has 3 rings (SSSR count). The number of hydrogen-bond acceptors (Lipinski definition) is 4. The van der Waals surface area contributed by atoms with Crippen molar-refractivity contribution < 1.29 is 24.3 Å². The maximum atomic E-state index is 12.9. The summed E-state index contributed by atoms with van der Waals surface area (Å²) in [6, 6.07) is 13.9. The van der Waals surface area contributed by atoms with E-state index in [4.69, 9.17) is 4.74 Å². The largest absolute Gasteiger partial charge is 0.507 e. The Balaban J connectivity index is 2.11. The fourth-order valence-electron chi connectivity index (χ4n) is 3.45. The molecule has 1 saturated heterocycles. The van der Waals surface area contributed by atoms with Crippen LogP contribution < -0.4 is 9.64 Å². The van der Waals surface area contributed by atoms with Gasteiger partial charge in [-0.3, -0.25) is 9.59 Å². The second-order valence-corrected chi connectivity index (χ2v) is 7.59. The first-order valence-electron chi connectivity index (χ1n) is 9.62. The van der Waals surface area contributed by atoms with Gasteiger partial charge in [-0.15, -0.1) is 0 Å². The molecule has 1 amide bonds. The van der Waals surface area contributed by atoms with Gasteiger partial charge in [0.05, 0.1) is 45.9 Å². The molecular weight excluding hydrogens is 368 g/mol. The van der Waals surface area contributed by atoms with Crippen LogP contribution in [0, 0.1) is 6.92 Å². The summed E-state index contributed by atoms with van der Waals surface area (Å²) in [4.78, 5) is 28.5. The molecule has 0 aliphatic carbocycles. The Labute approximate surface area is 171 Å². The van der Waals surface area contributed by atoms with Crippen molar-refractivity contribution in [3.8, 4) is 5.75 Å². The quantitative estimate of drug-likeness (QED) is 0.443. The SMILES string of the molecule is COc1ccc(C(O)=C2C(=O)C(=O)N(CC[NH+](C)C)[C@@H]2c2ccc(C)cc2)cc1. The van der Waals surface area contributed by atoms with Crippen molar-refractivity contribution in [2.24, 2.45) is 0 Å². The number of carbonyl (C=O) groups excluding carboxylic acids is 2. The Bertz CT molecular complexity index is 930. The molecule has 29 heavy (non-hydrogen) atoms. The van der Waals surface area contributed by atoms with Crippen molar-refractivity contribution in [3.05, 3.63) is 70.8 Å². The first-order chi connectivity index (χ1) is 13.8. The maximum Gasteiger partial charge on any atom is 0.295 e. The van der Waals surface area contributed by atoms with Crippen molar-refractivity contribution >= 4 is 17.4 Å². The number of quaternary nitrogens is 1. The van der Waals surface area contributed by atoms with Crippen LogP contribution in [-0.4, -0.2) is 56.0 Å². The molecule has 2 N–H and O–H groups in total. The number of hydrogen-bond donors (Lipinski definition) is 2. The Kier molecular flexibility index (Phi) is 6.03. The van der Waals surface area contributed by atoms with Crippen LogP contribution in [-0.2, 0) is 9.59 Å². The number of amides is 1. The molecule has 1 atom stereocenters. The lowest BCUT2D eigenvalue weighted by atomic mass is 9.94. The lowest BCUT2D eigenvalue weighted by molar-refractivity contribution is -0.857. The summed E-state index contributed by atoms with van der Waals surface area (Å²) in [5, 5.41) is 11.0. The number of likely N-dealkylation sites (tertiary alicyclic amines) is 1. The van der Waals surface area contributed by atoms with E-state index in [1.165, 1.54) is 4.90 Å². The van der Waals surface area contributed by atoms with Crippen LogP contribution in [0.15, 0.2) is 54.1 Å². The molecule has 152 valence electrons. The molecule has 0 spiro atoms. The van der Waals surface area contributed by atoms with E-state index in [0.717, 1.165) is 11.1 Å². The van der Waals surface area contributed by atoms with Gasteiger partial charge in [-0.1, -0.05) is 29.8 Å². The Morgan fingerprint density at radius 3 is 2.24 bits per heavy atom. The average molecular weight is 395 g/mol. The summed E-state index contributed by atoms with van der Waals surface area (Å²) in [6.45, 7) is 3.09. The van der Waals surface area contributed by atoms with E-state index in [1.807, 2.05) is 45.3 Å². The third kappa shape index (κ3) is 4.17. The van der Waals surface area contributed by atoms with Gasteiger partial charge in [-0.2, -0.15) is 0 Å². The van der Waals surface area contributed by atoms with Gasteiger partial charge in [-0.05, 0) is 36.8 Å². The molecule has 0 bridgehead atoms. The van der Waals surface area contributed by atoms with Crippen LogP contribution in [0.4, 0.5) is 0 Å². The highest BCUT2D eigenvalue weighted by Crippen LogP contribution is 2.39.